The van der Waals surface area contributed by atoms with Gasteiger partial charge in [-0.3, -0.25) is 4.79 Å². The van der Waals surface area contributed by atoms with E-state index in [-0.39, 0.29) is 5.56 Å². The van der Waals surface area contributed by atoms with Crippen LogP contribution in [-0.4, -0.2) is 37.1 Å². The summed E-state index contributed by atoms with van der Waals surface area (Å²) in [6.45, 7) is 1.06. The highest BCUT2D eigenvalue weighted by atomic mass is 79.9. The Morgan fingerprint density at radius 3 is 2.68 bits per heavy atom. The van der Waals surface area contributed by atoms with Crippen molar-refractivity contribution in [3.05, 3.63) is 45.3 Å². The van der Waals surface area contributed by atoms with Gasteiger partial charge in [0.2, 0.25) is 0 Å². The Bertz CT molecular complexity index is 703. The molecule has 0 atom stereocenters. The zero-order valence-electron chi connectivity index (χ0n) is 12.7. The number of benzene rings is 1. The van der Waals surface area contributed by atoms with Crippen molar-refractivity contribution < 1.29 is 9.47 Å². The van der Waals surface area contributed by atoms with Gasteiger partial charge in [0, 0.05) is 14.1 Å². The van der Waals surface area contributed by atoms with Crippen LogP contribution >= 0.6 is 15.9 Å². The Morgan fingerprint density at radius 2 is 2.00 bits per heavy atom. The Morgan fingerprint density at radius 1 is 1.32 bits per heavy atom. The molecule has 0 N–H and O–H groups in total. The van der Waals surface area contributed by atoms with Crippen molar-refractivity contribution in [2.45, 2.75) is 0 Å². The number of aryl methyl sites for hydroxylation is 1. The van der Waals surface area contributed by atoms with Crippen molar-refractivity contribution in [2.24, 2.45) is 7.05 Å². The van der Waals surface area contributed by atoms with Crippen LogP contribution in [0.4, 0.5) is 5.69 Å². The zero-order valence-corrected chi connectivity index (χ0v) is 14.3. The predicted octanol–water partition coefficient (Wildman–Crippen LogP) is 2.07. The Kier molecular flexibility index (Phi) is 5.43. The number of likely N-dealkylation sites (N-methyl/N-ethyl adjacent to an activating group) is 1. The zero-order chi connectivity index (χ0) is 16.1. The Hall–Kier alpha value is -2.02. The van der Waals surface area contributed by atoms with Gasteiger partial charge in [0.05, 0.1) is 25.5 Å². The van der Waals surface area contributed by atoms with Crippen LogP contribution in [0.2, 0.25) is 0 Å². The van der Waals surface area contributed by atoms with Gasteiger partial charge in [-0.2, -0.15) is 5.10 Å². The minimum absolute atomic E-state index is 0.171. The summed E-state index contributed by atoms with van der Waals surface area (Å²) in [6, 6.07) is 7.48. The molecule has 1 aromatic carbocycles. The van der Waals surface area contributed by atoms with E-state index >= 15 is 0 Å². The lowest BCUT2D eigenvalue weighted by Crippen LogP contribution is -2.28. The van der Waals surface area contributed by atoms with Gasteiger partial charge in [-0.1, -0.05) is 12.1 Å². The summed E-state index contributed by atoms with van der Waals surface area (Å²) < 4.78 is 12.7. The number of anilines is 1. The molecule has 2 aromatic rings. The van der Waals surface area contributed by atoms with Crippen LogP contribution in [-0.2, 0) is 7.05 Å². The minimum Gasteiger partial charge on any atom is -0.493 e. The summed E-state index contributed by atoms with van der Waals surface area (Å²) in [5.41, 5.74) is 0.557. The van der Waals surface area contributed by atoms with Crippen LogP contribution in [0, 0.1) is 0 Å². The molecular weight excluding hydrogens is 350 g/mol. The fourth-order valence-electron chi connectivity index (χ4n) is 1.92. The van der Waals surface area contributed by atoms with E-state index in [1.54, 1.807) is 20.4 Å². The largest absolute Gasteiger partial charge is 0.493 e. The molecule has 118 valence electrons. The standard InChI is InChI=1S/C15H18BrN3O3/c1-18(11-10-17-19(2)15(20)14(11)16)8-9-22-13-7-5-4-6-12(13)21-3/h4-7,10H,8-9H2,1-3H3. The molecule has 0 radical (unpaired) electrons. The van der Waals surface area contributed by atoms with Gasteiger partial charge < -0.3 is 14.4 Å². The Labute approximate surface area is 137 Å². The molecule has 1 heterocycles. The highest BCUT2D eigenvalue weighted by Gasteiger charge is 2.11. The summed E-state index contributed by atoms with van der Waals surface area (Å²) in [4.78, 5) is 13.8. The summed E-state index contributed by atoms with van der Waals surface area (Å²) in [5, 5.41) is 4.03. The van der Waals surface area contributed by atoms with Gasteiger partial charge in [0.1, 0.15) is 11.1 Å². The lowest BCUT2D eigenvalue weighted by molar-refractivity contribution is 0.301. The first-order chi connectivity index (χ1) is 10.5. The fraction of sp³-hybridized carbons (Fsp3) is 0.333. The maximum Gasteiger partial charge on any atom is 0.282 e. The molecule has 0 unspecified atom stereocenters. The number of ether oxygens (including phenoxy) is 2. The number of rotatable bonds is 6. The second kappa shape index (κ2) is 7.31. The molecule has 0 saturated heterocycles. The molecule has 0 aliphatic carbocycles. The molecule has 0 aliphatic heterocycles. The van der Waals surface area contributed by atoms with E-state index in [0.717, 1.165) is 5.69 Å². The third-order valence-electron chi connectivity index (χ3n) is 3.22. The number of methoxy groups -OCH3 is 1. The SMILES string of the molecule is COc1ccccc1OCCN(C)c1cnn(C)c(=O)c1Br. The van der Waals surface area contributed by atoms with E-state index in [0.29, 0.717) is 29.1 Å². The molecule has 0 amide bonds. The molecule has 0 saturated carbocycles. The lowest BCUT2D eigenvalue weighted by atomic mass is 10.3. The molecule has 0 aliphatic rings. The van der Waals surface area contributed by atoms with Crippen molar-refractivity contribution >= 4 is 21.6 Å². The molecular formula is C15H18BrN3O3. The van der Waals surface area contributed by atoms with Crippen LogP contribution < -0.4 is 19.9 Å². The highest BCUT2D eigenvalue weighted by Crippen LogP contribution is 2.26. The van der Waals surface area contributed by atoms with E-state index in [1.165, 1.54) is 4.68 Å². The summed E-state index contributed by atoms with van der Waals surface area (Å²) in [7, 11) is 5.10. The van der Waals surface area contributed by atoms with Gasteiger partial charge >= 0.3 is 0 Å². The highest BCUT2D eigenvalue weighted by molar-refractivity contribution is 9.10. The normalized spacial score (nSPS) is 10.4. The Balaban J connectivity index is 2.00. The average Bonchev–Trinajstić information content (AvgIpc) is 2.53. The van der Waals surface area contributed by atoms with E-state index in [2.05, 4.69) is 21.0 Å². The van der Waals surface area contributed by atoms with Crippen molar-refractivity contribution in [1.82, 2.24) is 9.78 Å². The third-order valence-corrected chi connectivity index (χ3v) is 3.97. The van der Waals surface area contributed by atoms with Crippen molar-refractivity contribution in [1.29, 1.82) is 0 Å². The number of aromatic nitrogens is 2. The van der Waals surface area contributed by atoms with Crippen LogP contribution in [0.5, 0.6) is 11.5 Å². The number of halogens is 1. The third kappa shape index (κ3) is 3.59. The van der Waals surface area contributed by atoms with Gasteiger partial charge in [0.15, 0.2) is 11.5 Å². The van der Waals surface area contributed by atoms with Crippen LogP contribution in [0.3, 0.4) is 0 Å². The monoisotopic (exact) mass is 367 g/mol. The summed E-state index contributed by atoms with van der Waals surface area (Å²) in [5.74, 6) is 1.39. The van der Waals surface area contributed by atoms with E-state index in [4.69, 9.17) is 9.47 Å². The van der Waals surface area contributed by atoms with E-state index < -0.39 is 0 Å². The summed E-state index contributed by atoms with van der Waals surface area (Å²) in [6.07, 6.45) is 1.65. The van der Waals surface area contributed by atoms with Crippen LogP contribution in [0.15, 0.2) is 39.7 Å². The first-order valence-corrected chi connectivity index (χ1v) is 7.52. The van der Waals surface area contributed by atoms with Gasteiger partial charge in [-0.15, -0.1) is 0 Å². The first kappa shape index (κ1) is 16.4. The molecule has 22 heavy (non-hydrogen) atoms. The molecule has 2 rings (SSSR count). The molecule has 7 heteroatoms. The van der Waals surface area contributed by atoms with E-state index in [9.17, 15) is 4.79 Å². The van der Waals surface area contributed by atoms with Crippen LogP contribution in [0.1, 0.15) is 0 Å². The topological polar surface area (TPSA) is 56.6 Å². The van der Waals surface area contributed by atoms with Gasteiger partial charge in [-0.05, 0) is 28.1 Å². The van der Waals surface area contributed by atoms with E-state index in [1.807, 2.05) is 36.2 Å². The predicted molar refractivity (Wildman–Crippen MR) is 88.9 cm³/mol. The maximum atomic E-state index is 11.9. The molecule has 0 spiro atoms. The van der Waals surface area contributed by atoms with Gasteiger partial charge in [0.25, 0.3) is 5.56 Å². The fourth-order valence-corrected chi connectivity index (χ4v) is 2.58. The summed E-state index contributed by atoms with van der Waals surface area (Å²) >= 11 is 3.32. The van der Waals surface area contributed by atoms with Crippen molar-refractivity contribution in [3.63, 3.8) is 0 Å². The number of hydrogen-bond acceptors (Lipinski definition) is 5. The van der Waals surface area contributed by atoms with Crippen molar-refractivity contribution in [3.8, 4) is 11.5 Å². The second-order valence-corrected chi connectivity index (χ2v) is 5.49. The molecule has 6 nitrogen and oxygen atoms in total. The smallest absolute Gasteiger partial charge is 0.282 e. The average molecular weight is 368 g/mol. The van der Waals surface area contributed by atoms with Gasteiger partial charge in [-0.25, -0.2) is 4.68 Å². The van der Waals surface area contributed by atoms with Crippen LogP contribution in [0.25, 0.3) is 0 Å². The van der Waals surface area contributed by atoms with Crippen molar-refractivity contribution in [2.75, 3.05) is 32.2 Å². The maximum absolute atomic E-state index is 11.9. The molecule has 0 bridgehead atoms. The first-order valence-electron chi connectivity index (χ1n) is 6.73. The lowest BCUT2D eigenvalue weighted by Gasteiger charge is -2.20. The minimum atomic E-state index is -0.171. The number of hydrogen-bond donors (Lipinski definition) is 0. The molecule has 1 aromatic heterocycles. The number of nitrogens with zero attached hydrogens (tertiary/aromatic N) is 3. The molecule has 0 fully saturated rings. The number of para-hydroxylation sites is 2. The second-order valence-electron chi connectivity index (χ2n) is 4.69. The quantitative estimate of drug-likeness (QED) is 0.782.